The van der Waals surface area contributed by atoms with Gasteiger partial charge in [0.1, 0.15) is 0 Å². The molecule has 0 aliphatic heterocycles. The average molecular weight is 305 g/mol. The summed E-state index contributed by atoms with van der Waals surface area (Å²) in [5.41, 5.74) is 2.89. The summed E-state index contributed by atoms with van der Waals surface area (Å²) in [5.74, 6) is 1.24. The highest BCUT2D eigenvalue weighted by molar-refractivity contribution is 7.98. The maximum atomic E-state index is 3.50. The van der Waals surface area contributed by atoms with Gasteiger partial charge in [-0.15, -0.1) is 0 Å². The molecule has 1 aromatic carbocycles. The molecule has 0 amide bonds. The van der Waals surface area contributed by atoms with Gasteiger partial charge in [-0.05, 0) is 49.4 Å². The number of aromatic nitrogens is 1. The lowest BCUT2D eigenvalue weighted by Crippen LogP contribution is -2.23. The Morgan fingerprint density at radius 3 is 2.76 bits per heavy atom. The molecule has 0 saturated carbocycles. The van der Waals surface area contributed by atoms with Gasteiger partial charge in [0.25, 0.3) is 0 Å². The Morgan fingerprint density at radius 2 is 2.00 bits per heavy atom. The summed E-state index contributed by atoms with van der Waals surface area (Å²) in [7, 11) is 0. The minimum atomic E-state index is 0.581. The van der Waals surface area contributed by atoms with Gasteiger partial charge >= 0.3 is 0 Å². The van der Waals surface area contributed by atoms with Gasteiger partial charge in [0.15, 0.2) is 0 Å². The van der Waals surface area contributed by atoms with E-state index >= 15 is 0 Å². The van der Waals surface area contributed by atoms with Crippen LogP contribution >= 0.6 is 11.8 Å². The summed E-state index contributed by atoms with van der Waals surface area (Å²) in [6, 6.07) is 9.41. The summed E-state index contributed by atoms with van der Waals surface area (Å²) in [6.07, 6.45) is 8.17. The van der Waals surface area contributed by atoms with Crippen LogP contribution in [0, 0.1) is 0 Å². The first-order chi connectivity index (χ1) is 10.2. The molecule has 0 aliphatic rings. The number of para-hydroxylation sites is 1. The van der Waals surface area contributed by atoms with Gasteiger partial charge in [-0.25, -0.2) is 0 Å². The lowest BCUT2D eigenvalue weighted by Gasteiger charge is -2.07. The molecule has 1 N–H and O–H groups in total. The van der Waals surface area contributed by atoms with E-state index in [1.165, 1.54) is 35.1 Å². The molecule has 0 radical (unpaired) electrons. The van der Waals surface area contributed by atoms with Gasteiger partial charge in [-0.2, -0.15) is 11.8 Å². The van der Waals surface area contributed by atoms with Crippen molar-refractivity contribution in [3.8, 4) is 0 Å². The number of nitrogens with one attached hydrogen (secondary N) is 1. The third-order valence-corrected chi connectivity index (χ3v) is 4.49. The second kappa shape index (κ2) is 8.50. The number of hydrogen-bond acceptors (Lipinski definition) is 2. The van der Waals surface area contributed by atoms with Gasteiger partial charge < -0.3 is 9.88 Å². The van der Waals surface area contributed by atoms with E-state index in [0.29, 0.717) is 6.04 Å². The zero-order valence-electron chi connectivity index (χ0n) is 13.6. The fourth-order valence-corrected chi connectivity index (χ4v) is 3.17. The molecule has 3 heteroatoms. The molecular weight excluding hydrogens is 276 g/mol. The van der Waals surface area contributed by atoms with E-state index in [1.54, 1.807) is 0 Å². The first kappa shape index (κ1) is 16.4. The van der Waals surface area contributed by atoms with Gasteiger partial charge in [-0.1, -0.05) is 32.0 Å². The van der Waals surface area contributed by atoms with Gasteiger partial charge in [0.05, 0.1) is 0 Å². The van der Waals surface area contributed by atoms with Crippen molar-refractivity contribution in [2.24, 2.45) is 0 Å². The molecule has 0 fully saturated rings. The minimum absolute atomic E-state index is 0.581. The average Bonchev–Trinajstić information content (AvgIpc) is 2.82. The lowest BCUT2D eigenvalue weighted by atomic mass is 10.1. The van der Waals surface area contributed by atoms with Crippen LogP contribution in [0.15, 0.2) is 30.5 Å². The smallest absolute Gasteiger partial charge is 0.0483 e. The van der Waals surface area contributed by atoms with Crippen LogP contribution in [0.5, 0.6) is 0 Å². The third kappa shape index (κ3) is 4.79. The molecule has 2 aromatic rings. The number of benzene rings is 1. The molecule has 116 valence electrons. The van der Waals surface area contributed by atoms with Crippen LogP contribution in [0.2, 0.25) is 0 Å². The highest BCUT2D eigenvalue weighted by Crippen LogP contribution is 2.23. The van der Waals surface area contributed by atoms with Crippen molar-refractivity contribution in [3.63, 3.8) is 0 Å². The molecule has 0 spiro atoms. The van der Waals surface area contributed by atoms with Gasteiger partial charge in [0.2, 0.25) is 0 Å². The summed E-state index contributed by atoms with van der Waals surface area (Å²) in [5, 5.41) is 4.94. The van der Waals surface area contributed by atoms with E-state index in [9.17, 15) is 0 Å². The van der Waals surface area contributed by atoms with Crippen molar-refractivity contribution in [1.29, 1.82) is 0 Å². The maximum absolute atomic E-state index is 3.50. The largest absolute Gasteiger partial charge is 0.347 e. The van der Waals surface area contributed by atoms with Crippen LogP contribution in [0.25, 0.3) is 10.9 Å². The van der Waals surface area contributed by atoms with E-state index in [-0.39, 0.29) is 0 Å². The fraction of sp³-hybridized carbons (Fsp3) is 0.556. The third-order valence-electron chi connectivity index (χ3n) is 3.79. The van der Waals surface area contributed by atoms with E-state index in [1.807, 2.05) is 11.8 Å². The number of nitrogens with zero attached hydrogens (tertiary/aromatic N) is 1. The molecule has 1 heterocycles. The normalized spacial score (nSPS) is 11.6. The van der Waals surface area contributed by atoms with Crippen LogP contribution < -0.4 is 5.32 Å². The standard InChI is InChI=1S/C18H28N2S/c1-15(2)19-11-6-8-16-14-20(12-7-13-21-3)18-10-5-4-9-17(16)18/h4-5,9-10,14-15,19H,6-8,11-13H2,1-3H3. The molecule has 0 bridgehead atoms. The first-order valence-corrected chi connectivity index (χ1v) is 9.41. The predicted octanol–water partition coefficient (Wildman–Crippen LogP) is 4.33. The molecule has 0 saturated heterocycles. The summed E-state index contributed by atoms with van der Waals surface area (Å²) >= 11 is 1.93. The molecule has 1 aromatic heterocycles. The molecule has 0 unspecified atom stereocenters. The fourth-order valence-electron chi connectivity index (χ4n) is 2.76. The summed E-state index contributed by atoms with van der Waals surface area (Å²) in [6.45, 7) is 6.64. The molecular formula is C18H28N2S. The Kier molecular flexibility index (Phi) is 6.65. The monoisotopic (exact) mass is 304 g/mol. The van der Waals surface area contributed by atoms with Crippen LogP contribution in [0.4, 0.5) is 0 Å². The zero-order chi connectivity index (χ0) is 15.1. The second-order valence-electron chi connectivity index (χ2n) is 5.92. The minimum Gasteiger partial charge on any atom is -0.347 e. The number of hydrogen-bond donors (Lipinski definition) is 1. The maximum Gasteiger partial charge on any atom is 0.0483 e. The Bertz CT molecular complexity index is 545. The van der Waals surface area contributed by atoms with Crippen molar-refractivity contribution in [2.75, 3.05) is 18.6 Å². The number of fused-ring (bicyclic) bond motifs is 1. The summed E-state index contributed by atoms with van der Waals surface area (Å²) in [4.78, 5) is 0. The number of thioether (sulfide) groups is 1. The van der Waals surface area contributed by atoms with Crippen LogP contribution in [0.3, 0.4) is 0 Å². The van der Waals surface area contributed by atoms with Crippen molar-refractivity contribution in [3.05, 3.63) is 36.0 Å². The Labute approximate surface area is 133 Å². The van der Waals surface area contributed by atoms with Crippen LogP contribution in [-0.4, -0.2) is 29.2 Å². The molecule has 2 nitrogen and oxygen atoms in total. The Hall–Kier alpha value is -0.930. The zero-order valence-corrected chi connectivity index (χ0v) is 14.4. The van der Waals surface area contributed by atoms with E-state index in [4.69, 9.17) is 0 Å². The highest BCUT2D eigenvalue weighted by Gasteiger charge is 2.07. The number of aryl methyl sites for hydroxylation is 2. The molecule has 0 atom stereocenters. The second-order valence-corrected chi connectivity index (χ2v) is 6.91. The Morgan fingerprint density at radius 1 is 1.19 bits per heavy atom. The lowest BCUT2D eigenvalue weighted by molar-refractivity contribution is 0.570. The van der Waals surface area contributed by atoms with Crippen LogP contribution in [-0.2, 0) is 13.0 Å². The predicted molar refractivity (Wildman–Crippen MR) is 96.4 cm³/mol. The topological polar surface area (TPSA) is 17.0 Å². The molecule has 21 heavy (non-hydrogen) atoms. The van der Waals surface area contributed by atoms with Gasteiger partial charge in [-0.3, -0.25) is 0 Å². The number of rotatable bonds is 9. The first-order valence-electron chi connectivity index (χ1n) is 8.01. The Balaban J connectivity index is 2.04. The van der Waals surface area contributed by atoms with E-state index in [0.717, 1.165) is 19.5 Å². The quantitative estimate of drug-likeness (QED) is 0.695. The van der Waals surface area contributed by atoms with Crippen molar-refractivity contribution < 1.29 is 0 Å². The van der Waals surface area contributed by atoms with Gasteiger partial charge in [0, 0.05) is 29.7 Å². The molecule has 2 rings (SSSR count). The van der Waals surface area contributed by atoms with E-state index in [2.05, 4.69) is 60.4 Å². The SMILES string of the molecule is CSCCCn1cc(CCCNC(C)C)c2ccccc21. The van der Waals surface area contributed by atoms with Crippen molar-refractivity contribution >= 4 is 22.7 Å². The van der Waals surface area contributed by atoms with Crippen molar-refractivity contribution in [1.82, 2.24) is 9.88 Å². The summed E-state index contributed by atoms with van der Waals surface area (Å²) < 4.78 is 2.44. The molecule has 0 aliphatic carbocycles. The highest BCUT2D eigenvalue weighted by atomic mass is 32.2. The van der Waals surface area contributed by atoms with Crippen molar-refractivity contribution in [2.45, 2.75) is 45.7 Å². The van der Waals surface area contributed by atoms with Crippen LogP contribution in [0.1, 0.15) is 32.3 Å². The van der Waals surface area contributed by atoms with E-state index < -0.39 is 0 Å².